The zero-order valence-electron chi connectivity index (χ0n) is 10.4. The molecule has 17 heavy (non-hydrogen) atoms. The fourth-order valence-corrected chi connectivity index (χ4v) is 2.25. The summed E-state index contributed by atoms with van der Waals surface area (Å²) >= 11 is 5.80. The second kappa shape index (κ2) is 4.97. The van der Waals surface area contributed by atoms with Crippen LogP contribution >= 0.6 is 11.6 Å². The third kappa shape index (κ3) is 3.44. The Balaban J connectivity index is 1.74. The van der Waals surface area contributed by atoms with Crippen LogP contribution in [0.25, 0.3) is 0 Å². The van der Waals surface area contributed by atoms with Crippen molar-refractivity contribution < 1.29 is 5.11 Å². The zero-order valence-corrected chi connectivity index (χ0v) is 11.2. The molecule has 0 bridgehead atoms. The molecule has 0 heterocycles. The van der Waals surface area contributed by atoms with Gasteiger partial charge < -0.3 is 10.4 Å². The maximum Gasteiger partial charge on any atom is 0.0914 e. The third-order valence-corrected chi connectivity index (χ3v) is 3.95. The van der Waals surface area contributed by atoms with Gasteiger partial charge in [-0.3, -0.25) is 0 Å². The topological polar surface area (TPSA) is 32.3 Å². The first-order chi connectivity index (χ1) is 7.99. The van der Waals surface area contributed by atoms with Crippen molar-refractivity contribution in [3.63, 3.8) is 0 Å². The summed E-state index contributed by atoms with van der Waals surface area (Å²) in [6.45, 7) is 6.18. The van der Waals surface area contributed by atoms with Gasteiger partial charge in [-0.05, 0) is 42.0 Å². The molecule has 94 valence electrons. The zero-order chi connectivity index (χ0) is 12.5. The molecule has 0 aliphatic heterocycles. The Labute approximate surface area is 108 Å². The highest BCUT2D eigenvalue weighted by Gasteiger charge is 2.44. The van der Waals surface area contributed by atoms with E-state index in [2.05, 4.69) is 19.2 Å². The lowest BCUT2D eigenvalue weighted by Crippen LogP contribution is -2.24. The first-order valence-corrected chi connectivity index (χ1v) is 6.51. The highest BCUT2D eigenvalue weighted by Crippen LogP contribution is 2.50. The van der Waals surface area contributed by atoms with E-state index < -0.39 is 6.10 Å². The summed E-state index contributed by atoms with van der Waals surface area (Å²) in [5.74, 6) is 0.764. The van der Waals surface area contributed by atoms with Crippen molar-refractivity contribution in [3.8, 4) is 0 Å². The standard InChI is InChI=1S/C14H20ClNO/c1-14(2)7-11(14)8-16-9-13(17)10-3-5-12(15)6-4-10/h3-6,11,13,16-17H,7-9H2,1-2H3. The molecule has 0 aromatic heterocycles. The van der Waals surface area contributed by atoms with Gasteiger partial charge in [0, 0.05) is 11.6 Å². The Morgan fingerprint density at radius 3 is 2.53 bits per heavy atom. The number of aliphatic hydroxyl groups is 1. The van der Waals surface area contributed by atoms with Gasteiger partial charge in [-0.15, -0.1) is 0 Å². The summed E-state index contributed by atoms with van der Waals surface area (Å²) in [6, 6.07) is 7.36. The van der Waals surface area contributed by atoms with Gasteiger partial charge in [0.2, 0.25) is 0 Å². The minimum absolute atomic E-state index is 0.450. The average Bonchev–Trinajstić information content (AvgIpc) is 2.87. The summed E-state index contributed by atoms with van der Waals surface area (Å²) < 4.78 is 0. The van der Waals surface area contributed by atoms with Crippen molar-refractivity contribution in [2.24, 2.45) is 11.3 Å². The Morgan fingerprint density at radius 2 is 2.00 bits per heavy atom. The Bertz CT molecular complexity index is 374. The largest absolute Gasteiger partial charge is 0.387 e. The predicted molar refractivity (Wildman–Crippen MR) is 71.2 cm³/mol. The van der Waals surface area contributed by atoms with Crippen molar-refractivity contribution in [2.75, 3.05) is 13.1 Å². The number of aliphatic hydroxyl groups excluding tert-OH is 1. The average molecular weight is 254 g/mol. The summed E-state index contributed by atoms with van der Waals surface area (Å²) in [5.41, 5.74) is 1.41. The number of halogens is 1. The van der Waals surface area contributed by atoms with Crippen LogP contribution in [-0.2, 0) is 0 Å². The number of rotatable bonds is 5. The molecule has 0 saturated heterocycles. The normalized spacial score (nSPS) is 23.4. The van der Waals surface area contributed by atoms with Crippen molar-refractivity contribution >= 4 is 11.6 Å². The van der Waals surface area contributed by atoms with Crippen LogP contribution in [0.4, 0.5) is 0 Å². The highest BCUT2D eigenvalue weighted by atomic mass is 35.5. The van der Waals surface area contributed by atoms with Crippen LogP contribution < -0.4 is 5.32 Å². The molecule has 1 fully saturated rings. The number of hydrogen-bond acceptors (Lipinski definition) is 2. The maximum atomic E-state index is 9.97. The molecule has 0 radical (unpaired) electrons. The minimum Gasteiger partial charge on any atom is -0.387 e. The Hall–Kier alpha value is -0.570. The van der Waals surface area contributed by atoms with Gasteiger partial charge in [-0.2, -0.15) is 0 Å². The summed E-state index contributed by atoms with van der Waals surface area (Å²) in [4.78, 5) is 0. The van der Waals surface area contributed by atoms with E-state index in [0.29, 0.717) is 17.0 Å². The van der Waals surface area contributed by atoms with Gasteiger partial charge in [0.25, 0.3) is 0 Å². The van der Waals surface area contributed by atoms with Crippen LogP contribution in [0.1, 0.15) is 31.9 Å². The van der Waals surface area contributed by atoms with Crippen molar-refractivity contribution in [1.82, 2.24) is 5.32 Å². The third-order valence-electron chi connectivity index (χ3n) is 3.70. The Kier molecular flexibility index (Phi) is 3.76. The molecule has 2 nitrogen and oxygen atoms in total. The SMILES string of the molecule is CC1(C)CC1CNCC(O)c1ccc(Cl)cc1. The van der Waals surface area contributed by atoms with Crippen LogP contribution in [0.3, 0.4) is 0 Å². The molecule has 2 rings (SSSR count). The van der Waals surface area contributed by atoms with Crippen LogP contribution in [0.15, 0.2) is 24.3 Å². The molecule has 1 aliphatic rings. The lowest BCUT2D eigenvalue weighted by molar-refractivity contribution is 0.174. The first-order valence-electron chi connectivity index (χ1n) is 6.13. The predicted octanol–water partition coefficient (Wildman–Crippen LogP) is 3.01. The number of nitrogens with one attached hydrogen (secondary N) is 1. The number of benzene rings is 1. The Morgan fingerprint density at radius 1 is 1.41 bits per heavy atom. The molecule has 1 aromatic carbocycles. The molecule has 2 N–H and O–H groups in total. The van der Waals surface area contributed by atoms with E-state index >= 15 is 0 Å². The van der Waals surface area contributed by atoms with Crippen LogP contribution in [0.5, 0.6) is 0 Å². The van der Waals surface area contributed by atoms with E-state index in [4.69, 9.17) is 11.6 Å². The van der Waals surface area contributed by atoms with Crippen molar-refractivity contribution in [1.29, 1.82) is 0 Å². The van der Waals surface area contributed by atoms with Crippen LogP contribution in [0.2, 0.25) is 5.02 Å². The lowest BCUT2D eigenvalue weighted by Gasteiger charge is -2.12. The van der Waals surface area contributed by atoms with Crippen molar-refractivity contribution in [3.05, 3.63) is 34.9 Å². The minimum atomic E-state index is -0.450. The molecule has 2 unspecified atom stereocenters. The monoisotopic (exact) mass is 253 g/mol. The summed E-state index contributed by atoms with van der Waals surface area (Å²) in [7, 11) is 0. The molecule has 0 amide bonds. The first kappa shape index (κ1) is 12.9. The molecule has 1 aliphatic carbocycles. The van der Waals surface area contributed by atoms with E-state index in [9.17, 15) is 5.11 Å². The summed E-state index contributed by atoms with van der Waals surface area (Å²) in [6.07, 6.45) is 0.839. The fraction of sp³-hybridized carbons (Fsp3) is 0.571. The van der Waals surface area contributed by atoms with Crippen LogP contribution in [-0.4, -0.2) is 18.2 Å². The van der Waals surface area contributed by atoms with E-state index in [0.717, 1.165) is 18.0 Å². The van der Waals surface area contributed by atoms with E-state index in [-0.39, 0.29) is 0 Å². The van der Waals surface area contributed by atoms with Gasteiger partial charge in [-0.1, -0.05) is 37.6 Å². The quantitative estimate of drug-likeness (QED) is 0.846. The maximum absolute atomic E-state index is 9.97. The van der Waals surface area contributed by atoms with E-state index in [1.807, 2.05) is 24.3 Å². The summed E-state index contributed by atoms with van der Waals surface area (Å²) in [5, 5.41) is 14.0. The molecular weight excluding hydrogens is 234 g/mol. The molecule has 0 spiro atoms. The second-order valence-corrected chi connectivity index (χ2v) is 6.05. The molecule has 1 saturated carbocycles. The fourth-order valence-electron chi connectivity index (χ4n) is 2.12. The van der Waals surface area contributed by atoms with Crippen LogP contribution in [0, 0.1) is 11.3 Å². The van der Waals surface area contributed by atoms with Gasteiger partial charge in [0.1, 0.15) is 0 Å². The van der Waals surface area contributed by atoms with Gasteiger partial charge in [0.15, 0.2) is 0 Å². The second-order valence-electron chi connectivity index (χ2n) is 5.62. The molecule has 2 atom stereocenters. The number of hydrogen-bond donors (Lipinski definition) is 2. The van der Waals surface area contributed by atoms with E-state index in [1.54, 1.807) is 0 Å². The van der Waals surface area contributed by atoms with E-state index in [1.165, 1.54) is 6.42 Å². The smallest absolute Gasteiger partial charge is 0.0914 e. The van der Waals surface area contributed by atoms with Gasteiger partial charge in [0.05, 0.1) is 6.10 Å². The molecule has 1 aromatic rings. The highest BCUT2D eigenvalue weighted by molar-refractivity contribution is 6.30. The van der Waals surface area contributed by atoms with Gasteiger partial charge in [-0.25, -0.2) is 0 Å². The molecule has 3 heteroatoms. The lowest BCUT2D eigenvalue weighted by atomic mass is 10.1. The van der Waals surface area contributed by atoms with Gasteiger partial charge >= 0.3 is 0 Å². The molecular formula is C14H20ClNO. The van der Waals surface area contributed by atoms with Crippen molar-refractivity contribution in [2.45, 2.75) is 26.4 Å².